The number of carbonyl (C=O) groups is 2. The number of aldehydes is 1. The third kappa shape index (κ3) is 2.95. The zero-order valence-electron chi connectivity index (χ0n) is 16.8. The zero-order valence-corrected chi connectivity index (χ0v) is 16.8. The van der Waals surface area contributed by atoms with Crippen LogP contribution in [0.2, 0.25) is 0 Å². The summed E-state index contributed by atoms with van der Waals surface area (Å²) in [5.41, 5.74) is 7.21. The third-order valence-electron chi connectivity index (χ3n) is 7.71. The molecule has 3 aliphatic rings. The summed E-state index contributed by atoms with van der Waals surface area (Å²) in [7, 11) is 0. The van der Waals surface area contributed by atoms with Crippen LogP contribution in [0.25, 0.3) is 0 Å². The van der Waals surface area contributed by atoms with Crippen LogP contribution < -0.4 is 5.73 Å². The van der Waals surface area contributed by atoms with Crippen molar-refractivity contribution >= 4 is 12.2 Å². The van der Waals surface area contributed by atoms with Crippen LogP contribution in [0.15, 0.2) is 12.1 Å². The van der Waals surface area contributed by atoms with Gasteiger partial charge < -0.3 is 15.6 Å². The second-order valence-electron chi connectivity index (χ2n) is 9.10. The highest BCUT2D eigenvalue weighted by molar-refractivity contribution is 5.96. The molecule has 3 N–H and O–H groups in total. The molecule has 1 aromatic rings. The van der Waals surface area contributed by atoms with E-state index in [1.165, 1.54) is 19.3 Å². The van der Waals surface area contributed by atoms with E-state index in [1.807, 2.05) is 6.07 Å². The third-order valence-corrected chi connectivity index (χ3v) is 7.71. The van der Waals surface area contributed by atoms with Gasteiger partial charge in [-0.05, 0) is 62.1 Å². The number of piperidine rings is 1. The lowest BCUT2D eigenvalue weighted by Gasteiger charge is -2.57. The highest BCUT2D eigenvalue weighted by Crippen LogP contribution is 2.55. The predicted octanol–water partition coefficient (Wildman–Crippen LogP) is 3.16. The molecule has 5 heteroatoms. The van der Waals surface area contributed by atoms with E-state index in [0.29, 0.717) is 18.4 Å². The average Bonchev–Trinajstić information content (AvgIpc) is 2.61. The molecular formula is C23H32N2O3. The molecule has 5 nitrogen and oxygen atoms in total. The Morgan fingerprint density at radius 2 is 2.18 bits per heavy atom. The second-order valence-corrected chi connectivity index (χ2v) is 9.10. The minimum atomic E-state index is -0.613. The van der Waals surface area contributed by atoms with E-state index >= 15 is 0 Å². The van der Waals surface area contributed by atoms with Gasteiger partial charge in [0, 0.05) is 30.0 Å². The Labute approximate surface area is 167 Å². The van der Waals surface area contributed by atoms with E-state index in [9.17, 15) is 14.7 Å². The maximum Gasteiger partial charge on any atom is 0.252 e. The first kappa shape index (κ1) is 19.4. The average molecular weight is 385 g/mol. The summed E-state index contributed by atoms with van der Waals surface area (Å²) in [6, 6.07) is 4.01. The summed E-state index contributed by atoms with van der Waals surface area (Å²) >= 11 is 0. The molecular weight excluding hydrogens is 352 g/mol. The van der Waals surface area contributed by atoms with Gasteiger partial charge in [-0.2, -0.15) is 0 Å². The predicted molar refractivity (Wildman–Crippen MR) is 108 cm³/mol. The number of aromatic hydroxyl groups is 1. The Morgan fingerprint density at radius 3 is 2.79 bits per heavy atom. The van der Waals surface area contributed by atoms with Crippen molar-refractivity contribution in [2.75, 3.05) is 13.1 Å². The number of hydrogen-bond donors (Lipinski definition) is 2. The van der Waals surface area contributed by atoms with E-state index in [-0.39, 0.29) is 16.7 Å². The van der Waals surface area contributed by atoms with Gasteiger partial charge in [0.05, 0.1) is 5.56 Å². The Balaban J connectivity index is 1.81. The van der Waals surface area contributed by atoms with Crippen LogP contribution in [0, 0.1) is 11.8 Å². The van der Waals surface area contributed by atoms with Gasteiger partial charge in [0.15, 0.2) is 0 Å². The summed E-state index contributed by atoms with van der Waals surface area (Å²) in [5.74, 6) is 0.530. The Hall–Kier alpha value is -1.88. The number of phenols is 1. The van der Waals surface area contributed by atoms with E-state index in [4.69, 9.17) is 5.73 Å². The maximum absolute atomic E-state index is 11.8. The number of benzene rings is 1. The van der Waals surface area contributed by atoms with E-state index in [1.54, 1.807) is 6.07 Å². The molecule has 4 rings (SSSR count). The SMILES string of the molecule is CCCC1C2Cc3ccc(C(N)=O)c(O)c3[C@]1(CC=O)CCN2CC1CCC1. The molecule has 1 saturated heterocycles. The molecule has 2 bridgehead atoms. The van der Waals surface area contributed by atoms with Crippen LogP contribution in [0.4, 0.5) is 0 Å². The van der Waals surface area contributed by atoms with Crippen molar-refractivity contribution in [1.82, 2.24) is 4.90 Å². The van der Waals surface area contributed by atoms with Crippen molar-refractivity contribution in [3.8, 4) is 5.75 Å². The molecule has 0 radical (unpaired) electrons. The lowest BCUT2D eigenvalue weighted by atomic mass is 9.54. The van der Waals surface area contributed by atoms with Crippen molar-refractivity contribution in [1.29, 1.82) is 0 Å². The number of hydrogen-bond acceptors (Lipinski definition) is 4. The Bertz CT molecular complexity index is 773. The van der Waals surface area contributed by atoms with Crippen molar-refractivity contribution in [2.45, 2.75) is 69.7 Å². The molecule has 0 aromatic heterocycles. The van der Waals surface area contributed by atoms with Gasteiger partial charge in [-0.1, -0.05) is 25.8 Å². The first-order chi connectivity index (χ1) is 13.5. The Kier molecular flexibility index (Phi) is 5.21. The zero-order chi connectivity index (χ0) is 19.9. The van der Waals surface area contributed by atoms with Crippen LogP contribution in [0.1, 0.15) is 73.4 Å². The molecule has 2 aliphatic carbocycles. The molecule has 1 aliphatic heterocycles. The highest BCUT2D eigenvalue weighted by atomic mass is 16.3. The summed E-state index contributed by atoms with van der Waals surface area (Å²) in [4.78, 5) is 26.3. The molecule has 1 aromatic carbocycles. The molecule has 2 unspecified atom stereocenters. The first-order valence-corrected chi connectivity index (χ1v) is 10.8. The number of primary amides is 1. The van der Waals surface area contributed by atoms with Crippen molar-refractivity contribution in [3.05, 3.63) is 28.8 Å². The number of rotatable bonds is 7. The van der Waals surface area contributed by atoms with Crippen LogP contribution in [-0.4, -0.2) is 41.3 Å². The summed E-state index contributed by atoms with van der Waals surface area (Å²) in [5, 5.41) is 11.0. The van der Waals surface area contributed by atoms with Gasteiger partial charge in [0.1, 0.15) is 12.0 Å². The van der Waals surface area contributed by atoms with Crippen molar-refractivity contribution < 1.29 is 14.7 Å². The van der Waals surface area contributed by atoms with E-state index in [2.05, 4.69) is 11.8 Å². The van der Waals surface area contributed by atoms with Gasteiger partial charge in [-0.15, -0.1) is 0 Å². The van der Waals surface area contributed by atoms with Gasteiger partial charge in [-0.25, -0.2) is 0 Å². The summed E-state index contributed by atoms with van der Waals surface area (Å²) < 4.78 is 0. The minimum Gasteiger partial charge on any atom is -0.507 e. The molecule has 152 valence electrons. The summed E-state index contributed by atoms with van der Waals surface area (Å²) in [6.07, 6.45) is 9.22. The topological polar surface area (TPSA) is 83.6 Å². The molecule has 28 heavy (non-hydrogen) atoms. The number of likely N-dealkylation sites (tertiary alicyclic amines) is 1. The minimum absolute atomic E-state index is 0.0128. The largest absolute Gasteiger partial charge is 0.507 e. The molecule has 2 fully saturated rings. The summed E-state index contributed by atoms with van der Waals surface area (Å²) in [6.45, 7) is 4.30. The fourth-order valence-electron chi connectivity index (χ4n) is 6.20. The molecule has 1 amide bonds. The fraction of sp³-hybridized carbons (Fsp3) is 0.652. The molecule has 1 saturated carbocycles. The second kappa shape index (κ2) is 7.51. The van der Waals surface area contributed by atoms with Crippen LogP contribution >= 0.6 is 0 Å². The maximum atomic E-state index is 11.8. The number of fused-ring (bicyclic) bond motifs is 4. The monoisotopic (exact) mass is 384 g/mol. The van der Waals surface area contributed by atoms with Gasteiger partial charge >= 0.3 is 0 Å². The van der Waals surface area contributed by atoms with Crippen molar-refractivity contribution in [2.24, 2.45) is 17.6 Å². The van der Waals surface area contributed by atoms with Crippen LogP contribution in [0.5, 0.6) is 5.75 Å². The molecule has 1 heterocycles. The Morgan fingerprint density at radius 1 is 1.39 bits per heavy atom. The van der Waals surface area contributed by atoms with Crippen molar-refractivity contribution in [3.63, 3.8) is 0 Å². The lowest BCUT2D eigenvalue weighted by molar-refractivity contribution is -0.111. The normalized spacial score (nSPS) is 29.8. The van der Waals surface area contributed by atoms with E-state index in [0.717, 1.165) is 62.1 Å². The fourth-order valence-corrected chi connectivity index (χ4v) is 6.20. The number of amides is 1. The van der Waals surface area contributed by atoms with E-state index < -0.39 is 5.91 Å². The first-order valence-electron chi connectivity index (χ1n) is 10.8. The lowest BCUT2D eigenvalue weighted by Crippen LogP contribution is -2.61. The molecule has 3 atom stereocenters. The smallest absolute Gasteiger partial charge is 0.252 e. The number of nitrogens with zero attached hydrogens (tertiary/aromatic N) is 1. The van der Waals surface area contributed by atoms with Gasteiger partial charge in [0.2, 0.25) is 0 Å². The van der Waals surface area contributed by atoms with Gasteiger partial charge in [0.25, 0.3) is 5.91 Å². The standard InChI is InChI=1S/C23H32N2O3/c1-2-4-18-19-13-16-7-8-17(22(24)28)21(27)20(16)23(18,10-12-26)9-11-25(19)14-15-5-3-6-15/h7-8,12,15,18-19,27H,2-6,9-11,13-14H2,1H3,(H2,24,28)/t18?,19?,23-/m0/s1. The van der Waals surface area contributed by atoms with Gasteiger partial charge in [-0.3, -0.25) is 9.69 Å². The van der Waals surface area contributed by atoms with Crippen LogP contribution in [-0.2, 0) is 16.6 Å². The number of nitrogens with two attached hydrogens (primary N) is 1. The quantitative estimate of drug-likeness (QED) is 0.707. The van der Waals surface area contributed by atoms with Crippen LogP contribution in [0.3, 0.4) is 0 Å². The number of carbonyl (C=O) groups excluding carboxylic acids is 2. The molecule has 0 spiro atoms. The highest BCUT2D eigenvalue weighted by Gasteiger charge is 2.54.